The normalized spacial score (nSPS) is 11.5. The van der Waals surface area contributed by atoms with Gasteiger partial charge < -0.3 is 5.11 Å². The second-order valence-electron chi connectivity index (χ2n) is 2.58. The predicted octanol–water partition coefficient (Wildman–Crippen LogP) is 2.70. The maximum atomic E-state index is 13.1. The van der Waals surface area contributed by atoms with E-state index in [-0.39, 0.29) is 4.88 Å². The Morgan fingerprint density at radius 2 is 2.31 bits per heavy atom. The lowest BCUT2D eigenvalue weighted by atomic mass is 10.1. The zero-order valence-electron chi connectivity index (χ0n) is 6.67. The first kappa shape index (κ1) is 10.1. The van der Waals surface area contributed by atoms with Crippen molar-refractivity contribution in [2.75, 3.05) is 0 Å². The zero-order chi connectivity index (χ0) is 9.90. The zero-order valence-corrected chi connectivity index (χ0v) is 7.48. The molecule has 0 saturated heterocycles. The summed E-state index contributed by atoms with van der Waals surface area (Å²) >= 11 is 0.939. The Kier molecular flexibility index (Phi) is 2.98. The molecule has 0 aliphatic rings. The van der Waals surface area contributed by atoms with Crippen LogP contribution in [-0.2, 0) is 10.7 Å². The van der Waals surface area contributed by atoms with Crippen LogP contribution in [0.25, 0.3) is 0 Å². The smallest absolute Gasteiger partial charge is 0.303 e. The van der Waals surface area contributed by atoms with Gasteiger partial charge in [0.05, 0.1) is 11.3 Å². The molecule has 0 unspecified atom stereocenters. The molecule has 5 heteroatoms. The molecule has 2 nitrogen and oxygen atoms in total. The van der Waals surface area contributed by atoms with E-state index in [1.807, 2.05) is 0 Å². The molecule has 13 heavy (non-hydrogen) atoms. The lowest BCUT2D eigenvalue weighted by Crippen LogP contribution is -2.13. The number of hydrogen-bond donors (Lipinski definition) is 1. The first-order valence-electron chi connectivity index (χ1n) is 3.66. The summed E-state index contributed by atoms with van der Waals surface area (Å²) in [5.74, 6) is -4.21. The van der Waals surface area contributed by atoms with Crippen LogP contribution >= 0.6 is 11.3 Å². The molecule has 0 radical (unpaired) electrons. The topological polar surface area (TPSA) is 37.3 Å². The standard InChI is InChI=1S/C8H8F2O2S/c9-8(10,4-3-7(11)12)6-2-1-5-13-6/h1-2,5H,3-4H2,(H,11,12). The van der Waals surface area contributed by atoms with E-state index >= 15 is 0 Å². The fraction of sp³-hybridized carbons (Fsp3) is 0.375. The van der Waals surface area contributed by atoms with Crippen molar-refractivity contribution in [3.63, 3.8) is 0 Å². The molecule has 1 aromatic heterocycles. The summed E-state index contributed by atoms with van der Waals surface area (Å²) in [6.45, 7) is 0. The van der Waals surface area contributed by atoms with Gasteiger partial charge >= 0.3 is 5.97 Å². The van der Waals surface area contributed by atoms with Crippen LogP contribution in [0.15, 0.2) is 17.5 Å². The molecule has 0 bridgehead atoms. The molecule has 1 heterocycles. The molecule has 0 aromatic carbocycles. The highest BCUT2D eigenvalue weighted by Crippen LogP contribution is 2.35. The van der Waals surface area contributed by atoms with Gasteiger partial charge in [-0.2, -0.15) is 0 Å². The number of hydrogen-bond acceptors (Lipinski definition) is 2. The van der Waals surface area contributed by atoms with Crippen molar-refractivity contribution in [3.05, 3.63) is 22.4 Å². The molecule has 0 saturated carbocycles. The monoisotopic (exact) mass is 206 g/mol. The molecule has 1 rings (SSSR count). The number of carboxylic acids is 1. The van der Waals surface area contributed by atoms with Crippen LogP contribution in [0.3, 0.4) is 0 Å². The average molecular weight is 206 g/mol. The number of carboxylic acid groups (broad SMARTS) is 1. The number of rotatable bonds is 4. The maximum Gasteiger partial charge on any atom is 0.303 e. The molecule has 0 aliphatic carbocycles. The molecule has 0 aliphatic heterocycles. The summed E-state index contributed by atoms with van der Waals surface area (Å²) in [6.07, 6.45) is -1.15. The van der Waals surface area contributed by atoms with Gasteiger partial charge in [0.15, 0.2) is 0 Å². The summed E-state index contributed by atoms with van der Waals surface area (Å²) in [5.41, 5.74) is 0. The van der Waals surface area contributed by atoms with Crippen LogP contribution in [0.1, 0.15) is 17.7 Å². The Labute approximate surface area is 77.8 Å². The van der Waals surface area contributed by atoms with E-state index in [1.54, 1.807) is 5.38 Å². The lowest BCUT2D eigenvalue weighted by Gasteiger charge is -2.12. The van der Waals surface area contributed by atoms with Gasteiger partial charge in [0.1, 0.15) is 0 Å². The van der Waals surface area contributed by atoms with Gasteiger partial charge in [0.25, 0.3) is 5.92 Å². The summed E-state index contributed by atoms with van der Waals surface area (Å²) in [4.78, 5) is 10.0. The predicted molar refractivity (Wildman–Crippen MR) is 45.1 cm³/mol. The molecule has 0 atom stereocenters. The molecule has 72 valence electrons. The van der Waals surface area contributed by atoms with E-state index in [1.165, 1.54) is 12.1 Å². The van der Waals surface area contributed by atoms with Crippen molar-refractivity contribution in [1.82, 2.24) is 0 Å². The van der Waals surface area contributed by atoms with Gasteiger partial charge in [-0.1, -0.05) is 6.07 Å². The van der Waals surface area contributed by atoms with Gasteiger partial charge in [-0.25, -0.2) is 8.78 Å². The minimum atomic E-state index is -3.01. The third-order valence-corrected chi connectivity index (χ3v) is 2.52. The van der Waals surface area contributed by atoms with Crippen molar-refractivity contribution in [2.45, 2.75) is 18.8 Å². The average Bonchev–Trinajstić information content (AvgIpc) is 2.53. The highest BCUT2D eigenvalue weighted by atomic mass is 32.1. The van der Waals surface area contributed by atoms with E-state index in [0.29, 0.717) is 0 Å². The largest absolute Gasteiger partial charge is 0.481 e. The van der Waals surface area contributed by atoms with E-state index < -0.39 is 24.7 Å². The molecular formula is C8H8F2O2S. The summed E-state index contributed by atoms with van der Waals surface area (Å²) < 4.78 is 26.2. The fourth-order valence-corrected chi connectivity index (χ4v) is 1.61. The Morgan fingerprint density at radius 1 is 1.62 bits per heavy atom. The Balaban J connectivity index is 2.61. The van der Waals surface area contributed by atoms with Crippen LogP contribution in [0, 0.1) is 0 Å². The quantitative estimate of drug-likeness (QED) is 0.822. The number of thiophene rings is 1. The SMILES string of the molecule is O=C(O)CCC(F)(F)c1cccs1. The molecule has 0 amide bonds. The summed E-state index contributed by atoms with van der Waals surface area (Å²) in [7, 11) is 0. The molecule has 0 fully saturated rings. The van der Waals surface area contributed by atoms with Crippen molar-refractivity contribution >= 4 is 17.3 Å². The van der Waals surface area contributed by atoms with Crippen LogP contribution in [0.2, 0.25) is 0 Å². The Hall–Kier alpha value is -0.970. The van der Waals surface area contributed by atoms with Gasteiger partial charge in [-0.05, 0) is 11.4 Å². The first-order valence-corrected chi connectivity index (χ1v) is 4.54. The molecule has 1 N–H and O–H groups in total. The van der Waals surface area contributed by atoms with Crippen molar-refractivity contribution in [2.24, 2.45) is 0 Å². The number of alkyl halides is 2. The first-order chi connectivity index (χ1) is 6.02. The van der Waals surface area contributed by atoms with Gasteiger partial charge in [-0.15, -0.1) is 11.3 Å². The molecule has 1 aromatic rings. The number of halogens is 2. The third kappa shape index (κ3) is 2.77. The van der Waals surface area contributed by atoms with Crippen LogP contribution in [0.4, 0.5) is 8.78 Å². The second-order valence-corrected chi connectivity index (χ2v) is 3.52. The van der Waals surface area contributed by atoms with E-state index in [2.05, 4.69) is 0 Å². The van der Waals surface area contributed by atoms with Crippen LogP contribution in [-0.4, -0.2) is 11.1 Å². The third-order valence-electron chi connectivity index (χ3n) is 1.53. The molecular weight excluding hydrogens is 198 g/mol. The van der Waals surface area contributed by atoms with Crippen molar-refractivity contribution in [1.29, 1.82) is 0 Å². The van der Waals surface area contributed by atoms with Gasteiger partial charge in [0, 0.05) is 6.42 Å². The van der Waals surface area contributed by atoms with Crippen molar-refractivity contribution in [3.8, 4) is 0 Å². The van der Waals surface area contributed by atoms with Gasteiger partial charge in [0.2, 0.25) is 0 Å². The van der Waals surface area contributed by atoms with E-state index in [0.717, 1.165) is 11.3 Å². The van der Waals surface area contributed by atoms with Crippen LogP contribution in [0.5, 0.6) is 0 Å². The number of aliphatic carboxylic acids is 1. The van der Waals surface area contributed by atoms with E-state index in [9.17, 15) is 13.6 Å². The Bertz CT molecular complexity index is 282. The highest BCUT2D eigenvalue weighted by Gasteiger charge is 2.32. The van der Waals surface area contributed by atoms with Crippen molar-refractivity contribution < 1.29 is 18.7 Å². The minimum Gasteiger partial charge on any atom is -0.481 e. The summed E-state index contributed by atoms with van der Waals surface area (Å²) in [5, 5.41) is 9.79. The van der Waals surface area contributed by atoms with Crippen LogP contribution < -0.4 is 0 Å². The fourth-order valence-electron chi connectivity index (χ4n) is 0.874. The van der Waals surface area contributed by atoms with E-state index in [4.69, 9.17) is 5.11 Å². The maximum absolute atomic E-state index is 13.1. The Morgan fingerprint density at radius 3 is 2.77 bits per heavy atom. The number of carbonyl (C=O) groups is 1. The molecule has 0 spiro atoms. The van der Waals surface area contributed by atoms with Gasteiger partial charge in [-0.3, -0.25) is 4.79 Å². The summed E-state index contributed by atoms with van der Waals surface area (Å²) in [6, 6.07) is 2.83. The highest BCUT2D eigenvalue weighted by molar-refractivity contribution is 7.10. The lowest BCUT2D eigenvalue weighted by molar-refractivity contribution is -0.139. The second kappa shape index (κ2) is 3.83. The minimum absolute atomic E-state index is 0.0752.